The summed E-state index contributed by atoms with van der Waals surface area (Å²) in [4.78, 5) is 16.3. The maximum absolute atomic E-state index is 5.81. The van der Waals surface area contributed by atoms with Crippen molar-refractivity contribution in [2.75, 3.05) is 19.0 Å². The highest BCUT2D eigenvalue weighted by atomic mass is 15.6. The van der Waals surface area contributed by atoms with Crippen LogP contribution < -0.4 is 4.90 Å². The monoisotopic (exact) mass is 653 g/mol. The predicted molar refractivity (Wildman–Crippen MR) is 203 cm³/mol. The first kappa shape index (κ1) is 29.9. The summed E-state index contributed by atoms with van der Waals surface area (Å²) in [6.07, 6.45) is 16.6. The zero-order valence-corrected chi connectivity index (χ0v) is 28.7. The Morgan fingerprint density at radius 2 is 1.42 bits per heavy atom. The molecule has 0 saturated carbocycles. The van der Waals surface area contributed by atoms with Gasteiger partial charge in [-0.15, -0.1) is 0 Å². The highest BCUT2D eigenvalue weighted by Crippen LogP contribution is 2.61. The molecule has 10 rings (SSSR count). The average Bonchev–Trinajstić information content (AvgIpc) is 3.70. The molecule has 4 aromatic rings. The normalized spacial score (nSPS) is 31.2. The molecule has 0 aromatic heterocycles. The third kappa shape index (κ3) is 4.36. The third-order valence-electron chi connectivity index (χ3n) is 12.2. The van der Waals surface area contributed by atoms with Gasteiger partial charge in [0.15, 0.2) is 6.29 Å². The van der Waals surface area contributed by atoms with Crippen molar-refractivity contribution in [1.29, 1.82) is 0 Å². The van der Waals surface area contributed by atoms with E-state index < -0.39 is 0 Å². The summed E-state index contributed by atoms with van der Waals surface area (Å²) in [6.45, 7) is 0. The van der Waals surface area contributed by atoms with E-state index in [2.05, 4.69) is 185 Å². The topological polar surface area (TPSA) is 25.3 Å². The number of anilines is 2. The fourth-order valence-corrected chi connectivity index (χ4v) is 10.5. The summed E-state index contributed by atoms with van der Waals surface area (Å²) >= 11 is 0. The van der Waals surface area contributed by atoms with E-state index in [1.165, 1.54) is 22.5 Å². The Balaban J connectivity index is 1.21. The standard InChI is InChI=1S/C45H43N5/c1-47-43(30-18-6-3-7-19-30)46-45(48(2)44(47)31-20-8-4-9-21-31)50-38-29-17-15-27-36(38)40-34-25-13-12-24-33(34)39-35-26-14-16-28-37(35)49(41(39)42(40)50)32-22-10-5-11-23-32/h3-12,14-24,26-29,36,38-42,44-45H,13,25H2,1-2H3. The second-order valence-electron chi connectivity index (χ2n) is 14.7. The number of hydrogen-bond donors (Lipinski definition) is 0. The van der Waals surface area contributed by atoms with E-state index in [1.54, 1.807) is 11.1 Å². The van der Waals surface area contributed by atoms with E-state index in [0.717, 1.165) is 24.2 Å². The van der Waals surface area contributed by atoms with Crippen LogP contribution in [0.5, 0.6) is 0 Å². The van der Waals surface area contributed by atoms with E-state index in [0.29, 0.717) is 11.8 Å². The van der Waals surface area contributed by atoms with Crippen LogP contribution in [0.4, 0.5) is 11.4 Å². The summed E-state index contributed by atoms with van der Waals surface area (Å²) in [7, 11) is 4.50. The fourth-order valence-electron chi connectivity index (χ4n) is 10.5. The van der Waals surface area contributed by atoms with Crippen LogP contribution in [0.1, 0.15) is 41.6 Å². The summed E-state index contributed by atoms with van der Waals surface area (Å²) in [5.41, 5.74) is 9.72. The number of allylic oxidation sites excluding steroid dienone is 4. The van der Waals surface area contributed by atoms with Gasteiger partial charge in [-0.1, -0.05) is 139 Å². The first-order valence-electron chi connectivity index (χ1n) is 18.3. The van der Waals surface area contributed by atoms with Crippen molar-refractivity contribution in [1.82, 2.24) is 14.7 Å². The van der Waals surface area contributed by atoms with Crippen molar-refractivity contribution in [3.8, 4) is 0 Å². The van der Waals surface area contributed by atoms with Gasteiger partial charge in [0.1, 0.15) is 12.0 Å². The van der Waals surface area contributed by atoms with Gasteiger partial charge < -0.3 is 9.80 Å². The van der Waals surface area contributed by atoms with E-state index in [1.807, 2.05) is 0 Å². The van der Waals surface area contributed by atoms with Gasteiger partial charge in [0.25, 0.3) is 0 Å². The first-order chi connectivity index (χ1) is 24.7. The average molecular weight is 654 g/mol. The summed E-state index contributed by atoms with van der Waals surface area (Å²) in [5.74, 6) is 2.10. The fraction of sp³-hybridized carbons (Fsp3) is 0.267. The molecular weight excluding hydrogens is 611 g/mol. The molecule has 1 saturated heterocycles. The number of fused-ring (bicyclic) bond motifs is 9. The van der Waals surface area contributed by atoms with Crippen molar-refractivity contribution < 1.29 is 0 Å². The predicted octanol–water partition coefficient (Wildman–Crippen LogP) is 8.67. The van der Waals surface area contributed by atoms with Gasteiger partial charge in [0, 0.05) is 53.8 Å². The maximum atomic E-state index is 5.81. The van der Waals surface area contributed by atoms with Gasteiger partial charge in [0.2, 0.25) is 0 Å². The highest BCUT2D eigenvalue weighted by molar-refractivity contribution is 5.99. The first-order valence-corrected chi connectivity index (χ1v) is 18.3. The van der Waals surface area contributed by atoms with Gasteiger partial charge in [-0.05, 0) is 54.8 Å². The molecule has 3 aliphatic carbocycles. The molecule has 6 aliphatic rings. The molecule has 0 bridgehead atoms. The number of hydrogen-bond acceptors (Lipinski definition) is 5. The molecule has 8 unspecified atom stereocenters. The van der Waals surface area contributed by atoms with E-state index in [4.69, 9.17) is 4.99 Å². The summed E-state index contributed by atoms with van der Waals surface area (Å²) < 4.78 is 0. The largest absolute Gasteiger partial charge is 0.339 e. The van der Waals surface area contributed by atoms with Crippen molar-refractivity contribution in [2.24, 2.45) is 16.8 Å². The van der Waals surface area contributed by atoms with Crippen molar-refractivity contribution in [2.45, 2.75) is 49.3 Å². The number of benzene rings is 4. The SMILES string of the molecule is CN1C(c2ccccc2)=NC(N2C3C=CC=CC3C3C4=C(C=CCC4)C4c5ccccc5N(c5ccccc5)C4C32)N(C)C1c1ccccc1. The van der Waals surface area contributed by atoms with Gasteiger partial charge in [0.05, 0.1) is 6.04 Å². The minimum atomic E-state index is -0.173. The Morgan fingerprint density at radius 3 is 2.22 bits per heavy atom. The molecule has 4 aromatic carbocycles. The van der Waals surface area contributed by atoms with Crippen molar-refractivity contribution in [3.05, 3.63) is 180 Å². The molecule has 248 valence electrons. The van der Waals surface area contributed by atoms with Crippen LogP contribution in [0.2, 0.25) is 0 Å². The molecule has 0 radical (unpaired) electrons. The lowest BCUT2D eigenvalue weighted by atomic mass is 9.64. The zero-order valence-electron chi connectivity index (χ0n) is 28.7. The van der Waals surface area contributed by atoms with Crippen LogP contribution in [0.3, 0.4) is 0 Å². The highest BCUT2D eigenvalue weighted by Gasteiger charge is 2.62. The second-order valence-corrected chi connectivity index (χ2v) is 14.7. The summed E-state index contributed by atoms with van der Waals surface area (Å²) in [5, 5.41) is 0. The van der Waals surface area contributed by atoms with Crippen LogP contribution in [0, 0.1) is 11.8 Å². The molecule has 0 N–H and O–H groups in total. The molecule has 8 atom stereocenters. The van der Waals surface area contributed by atoms with Crippen molar-refractivity contribution >= 4 is 17.2 Å². The Labute approximate surface area is 295 Å². The van der Waals surface area contributed by atoms with Crippen LogP contribution in [0.25, 0.3) is 0 Å². The zero-order chi connectivity index (χ0) is 33.3. The molecule has 5 heteroatoms. The van der Waals surface area contributed by atoms with Gasteiger partial charge in [-0.3, -0.25) is 4.90 Å². The van der Waals surface area contributed by atoms with E-state index in [-0.39, 0.29) is 36.5 Å². The smallest absolute Gasteiger partial charge is 0.163 e. The molecule has 0 spiro atoms. The lowest BCUT2D eigenvalue weighted by Crippen LogP contribution is -2.63. The minimum absolute atomic E-state index is 0.0206. The Hall–Kier alpha value is -4.97. The molecule has 0 amide bonds. The Kier molecular flexibility index (Phi) is 7.07. The molecule has 3 heterocycles. The van der Waals surface area contributed by atoms with Crippen LogP contribution >= 0.6 is 0 Å². The quantitative estimate of drug-likeness (QED) is 0.220. The van der Waals surface area contributed by atoms with Gasteiger partial charge in [-0.25, -0.2) is 9.89 Å². The van der Waals surface area contributed by atoms with Crippen LogP contribution in [-0.2, 0) is 0 Å². The van der Waals surface area contributed by atoms with Crippen LogP contribution in [-0.4, -0.2) is 59.0 Å². The number of rotatable bonds is 4. The molecule has 1 fully saturated rings. The number of likely N-dealkylation sites (tertiary alicyclic amines) is 1. The Bertz CT molecular complexity index is 2060. The lowest BCUT2D eigenvalue weighted by Gasteiger charge is -2.52. The molecule has 50 heavy (non-hydrogen) atoms. The molecule has 5 nitrogen and oxygen atoms in total. The minimum Gasteiger partial charge on any atom is -0.339 e. The lowest BCUT2D eigenvalue weighted by molar-refractivity contribution is -0.0401. The molecule has 3 aliphatic heterocycles. The van der Waals surface area contributed by atoms with Gasteiger partial charge >= 0.3 is 0 Å². The number of amidine groups is 1. The second kappa shape index (κ2) is 11.8. The van der Waals surface area contributed by atoms with Crippen molar-refractivity contribution in [3.63, 3.8) is 0 Å². The molecular formula is C45H43N5. The third-order valence-corrected chi connectivity index (χ3v) is 12.2. The van der Waals surface area contributed by atoms with E-state index in [9.17, 15) is 0 Å². The maximum Gasteiger partial charge on any atom is 0.163 e. The van der Waals surface area contributed by atoms with Gasteiger partial charge in [-0.2, -0.15) is 0 Å². The number of aliphatic imine (C=N–C) groups is 1. The Morgan fingerprint density at radius 1 is 0.720 bits per heavy atom. The van der Waals surface area contributed by atoms with E-state index >= 15 is 0 Å². The number of para-hydroxylation sites is 2. The summed E-state index contributed by atoms with van der Waals surface area (Å²) in [6, 6.07) is 42.8. The van der Waals surface area contributed by atoms with Crippen LogP contribution in [0.15, 0.2) is 168 Å². The number of nitrogens with zero attached hydrogens (tertiary/aromatic N) is 5.